The molecule has 0 radical (unpaired) electrons. The zero-order valence-corrected chi connectivity index (χ0v) is 16.1. The molecule has 1 saturated heterocycles. The van der Waals surface area contributed by atoms with Gasteiger partial charge in [-0.3, -0.25) is 14.5 Å². The second-order valence-electron chi connectivity index (χ2n) is 7.20. The lowest BCUT2D eigenvalue weighted by molar-refractivity contribution is -0.149. The highest BCUT2D eigenvalue weighted by Gasteiger charge is 2.25. The van der Waals surface area contributed by atoms with Crippen LogP contribution in [-0.4, -0.2) is 36.3 Å². The van der Waals surface area contributed by atoms with E-state index in [1.165, 1.54) is 5.56 Å². The van der Waals surface area contributed by atoms with Crippen molar-refractivity contribution in [1.29, 1.82) is 0 Å². The van der Waals surface area contributed by atoms with Crippen molar-refractivity contribution >= 4 is 11.8 Å². The first-order chi connectivity index (χ1) is 13.1. The lowest BCUT2D eigenvalue weighted by Gasteiger charge is -2.30. The van der Waals surface area contributed by atoms with Crippen LogP contribution in [-0.2, 0) is 16.1 Å². The molecule has 0 atom stereocenters. The molecule has 3 rings (SSSR count). The average molecular weight is 365 g/mol. The quantitative estimate of drug-likeness (QED) is 0.573. The third-order valence-electron chi connectivity index (χ3n) is 5.11. The molecule has 0 aromatic heterocycles. The number of carbonyl (C=O) groups excluding carboxylic acids is 2. The molecule has 2 aromatic carbocycles. The summed E-state index contributed by atoms with van der Waals surface area (Å²) >= 11 is 0. The van der Waals surface area contributed by atoms with Gasteiger partial charge in [-0.1, -0.05) is 48.0 Å². The highest BCUT2D eigenvalue weighted by atomic mass is 16.5. The Morgan fingerprint density at radius 1 is 1.04 bits per heavy atom. The van der Waals surface area contributed by atoms with Crippen LogP contribution in [0.4, 0.5) is 0 Å². The Balaban J connectivity index is 1.55. The first-order valence-corrected chi connectivity index (χ1v) is 9.66. The van der Waals surface area contributed by atoms with E-state index in [0.29, 0.717) is 12.2 Å². The molecule has 0 N–H and O–H groups in total. The molecule has 0 aliphatic carbocycles. The molecular weight excluding hydrogens is 338 g/mol. The zero-order valence-electron chi connectivity index (χ0n) is 16.1. The van der Waals surface area contributed by atoms with Crippen molar-refractivity contribution in [2.24, 2.45) is 5.92 Å². The molecule has 2 aromatic rings. The first-order valence-electron chi connectivity index (χ1n) is 9.66. The van der Waals surface area contributed by atoms with Gasteiger partial charge in [0.15, 0.2) is 5.78 Å². The van der Waals surface area contributed by atoms with E-state index in [2.05, 4.69) is 4.90 Å². The summed E-state index contributed by atoms with van der Waals surface area (Å²) in [6.07, 6.45) is 1.70. The number of esters is 1. The van der Waals surface area contributed by atoms with Crippen LogP contribution in [0.3, 0.4) is 0 Å². The Morgan fingerprint density at radius 3 is 2.37 bits per heavy atom. The fourth-order valence-corrected chi connectivity index (χ4v) is 3.56. The topological polar surface area (TPSA) is 46.6 Å². The van der Waals surface area contributed by atoms with Gasteiger partial charge in [0.05, 0.1) is 12.5 Å². The summed E-state index contributed by atoms with van der Waals surface area (Å²) in [5, 5.41) is 0. The van der Waals surface area contributed by atoms with Gasteiger partial charge < -0.3 is 4.74 Å². The number of nitrogens with zero attached hydrogens (tertiary/aromatic N) is 1. The number of hydrogen-bond acceptors (Lipinski definition) is 4. The number of ketones is 1. The Morgan fingerprint density at radius 2 is 1.74 bits per heavy atom. The summed E-state index contributed by atoms with van der Waals surface area (Å²) in [6, 6.07) is 15.6. The second-order valence-corrected chi connectivity index (χ2v) is 7.20. The molecular formula is C23H27NO3. The van der Waals surface area contributed by atoms with Gasteiger partial charge in [0.2, 0.25) is 0 Å². The molecule has 1 aliphatic rings. The van der Waals surface area contributed by atoms with Gasteiger partial charge in [0.25, 0.3) is 0 Å². The Kier molecular flexibility index (Phi) is 6.40. The van der Waals surface area contributed by atoms with Crippen molar-refractivity contribution in [3.8, 4) is 0 Å². The normalized spacial score (nSPS) is 15.5. The van der Waals surface area contributed by atoms with Crippen LogP contribution in [0.15, 0.2) is 48.5 Å². The third kappa shape index (κ3) is 5.04. The van der Waals surface area contributed by atoms with Crippen LogP contribution in [0.25, 0.3) is 0 Å². The fraction of sp³-hybridized carbons (Fsp3) is 0.391. The average Bonchev–Trinajstić information content (AvgIpc) is 2.69. The van der Waals surface area contributed by atoms with Gasteiger partial charge in [0, 0.05) is 17.7 Å². The molecule has 0 unspecified atom stereocenters. The summed E-state index contributed by atoms with van der Waals surface area (Å²) < 4.78 is 5.12. The minimum absolute atomic E-state index is 0.0375. The Bertz CT molecular complexity index is 790. The smallest absolute Gasteiger partial charge is 0.309 e. The van der Waals surface area contributed by atoms with Crippen LogP contribution in [0, 0.1) is 12.8 Å². The predicted octanol–water partition coefficient (Wildman–Crippen LogP) is 4.00. The third-order valence-corrected chi connectivity index (χ3v) is 5.11. The van der Waals surface area contributed by atoms with Gasteiger partial charge in [-0.2, -0.15) is 0 Å². The largest absolute Gasteiger partial charge is 0.466 e. The van der Waals surface area contributed by atoms with E-state index < -0.39 is 0 Å². The minimum Gasteiger partial charge on any atom is -0.466 e. The van der Waals surface area contributed by atoms with E-state index in [1.54, 1.807) is 0 Å². The van der Waals surface area contributed by atoms with E-state index in [4.69, 9.17) is 4.74 Å². The van der Waals surface area contributed by atoms with Gasteiger partial charge in [-0.15, -0.1) is 0 Å². The minimum atomic E-state index is -0.0591. The highest BCUT2D eigenvalue weighted by Crippen LogP contribution is 2.21. The Labute approximate surface area is 161 Å². The summed E-state index contributed by atoms with van der Waals surface area (Å²) in [7, 11) is 0. The number of hydrogen-bond donors (Lipinski definition) is 0. The number of carbonyl (C=O) groups is 2. The first kappa shape index (κ1) is 19.3. The summed E-state index contributed by atoms with van der Waals surface area (Å²) in [6.45, 7) is 6.92. The van der Waals surface area contributed by atoms with Gasteiger partial charge in [-0.05, 0) is 51.4 Å². The molecule has 1 fully saturated rings. The van der Waals surface area contributed by atoms with E-state index in [0.717, 1.165) is 43.6 Å². The zero-order chi connectivity index (χ0) is 19.2. The van der Waals surface area contributed by atoms with Crippen molar-refractivity contribution in [3.05, 3.63) is 70.8 Å². The van der Waals surface area contributed by atoms with Crippen molar-refractivity contribution in [2.45, 2.75) is 33.2 Å². The van der Waals surface area contributed by atoms with Crippen molar-refractivity contribution in [3.63, 3.8) is 0 Å². The van der Waals surface area contributed by atoms with Gasteiger partial charge in [-0.25, -0.2) is 0 Å². The van der Waals surface area contributed by atoms with E-state index in [9.17, 15) is 9.59 Å². The van der Waals surface area contributed by atoms with Crippen molar-refractivity contribution in [1.82, 2.24) is 4.90 Å². The van der Waals surface area contributed by atoms with E-state index in [-0.39, 0.29) is 17.7 Å². The maximum Gasteiger partial charge on any atom is 0.309 e. The molecule has 0 bridgehead atoms. The van der Waals surface area contributed by atoms with Gasteiger partial charge >= 0.3 is 5.97 Å². The lowest BCUT2D eigenvalue weighted by Crippen LogP contribution is -2.36. The lowest BCUT2D eigenvalue weighted by atomic mass is 9.96. The molecule has 4 heteroatoms. The number of benzene rings is 2. The SMILES string of the molecule is CCOC(=O)C1CCN(Cc2ccc(C(=O)c3cccc(C)c3)cc2)CC1. The van der Waals surface area contributed by atoms with Crippen LogP contribution in [0.2, 0.25) is 0 Å². The molecule has 0 amide bonds. The summed E-state index contributed by atoms with van der Waals surface area (Å²) in [5.41, 5.74) is 3.71. The number of ether oxygens (including phenoxy) is 1. The molecule has 0 saturated carbocycles. The highest BCUT2D eigenvalue weighted by molar-refractivity contribution is 6.09. The van der Waals surface area contributed by atoms with E-state index >= 15 is 0 Å². The van der Waals surface area contributed by atoms with Crippen LogP contribution >= 0.6 is 0 Å². The van der Waals surface area contributed by atoms with Crippen LogP contribution < -0.4 is 0 Å². The number of aryl methyl sites for hydroxylation is 1. The molecule has 1 heterocycles. The van der Waals surface area contributed by atoms with Crippen LogP contribution in [0.5, 0.6) is 0 Å². The van der Waals surface area contributed by atoms with Gasteiger partial charge in [0.1, 0.15) is 0 Å². The molecule has 142 valence electrons. The molecule has 27 heavy (non-hydrogen) atoms. The van der Waals surface area contributed by atoms with Crippen molar-refractivity contribution < 1.29 is 14.3 Å². The number of piperidine rings is 1. The van der Waals surface area contributed by atoms with Crippen molar-refractivity contribution in [2.75, 3.05) is 19.7 Å². The molecule has 4 nitrogen and oxygen atoms in total. The summed E-state index contributed by atoms with van der Waals surface area (Å²) in [4.78, 5) is 26.8. The van der Waals surface area contributed by atoms with E-state index in [1.807, 2.05) is 62.4 Å². The standard InChI is InChI=1S/C23H27NO3/c1-3-27-23(26)20-11-13-24(14-12-20)16-18-7-9-19(10-8-18)22(25)21-6-4-5-17(2)15-21/h4-10,15,20H,3,11-14,16H2,1-2H3. The van der Waals surface area contributed by atoms with Crippen LogP contribution in [0.1, 0.15) is 46.8 Å². The monoisotopic (exact) mass is 365 g/mol. The fourth-order valence-electron chi connectivity index (χ4n) is 3.56. The second kappa shape index (κ2) is 8.96. The maximum atomic E-state index is 12.6. The number of rotatable bonds is 6. The number of likely N-dealkylation sites (tertiary alicyclic amines) is 1. The summed E-state index contributed by atoms with van der Waals surface area (Å²) in [5.74, 6) is 0.0344. The maximum absolute atomic E-state index is 12.6. The Hall–Kier alpha value is -2.46. The molecule has 0 spiro atoms. The molecule has 1 aliphatic heterocycles. The predicted molar refractivity (Wildman–Crippen MR) is 106 cm³/mol.